The van der Waals surface area contributed by atoms with E-state index in [1.165, 1.54) is 0 Å². The van der Waals surface area contributed by atoms with Gasteiger partial charge >= 0.3 is 0 Å². The molecule has 0 aliphatic heterocycles. The van der Waals surface area contributed by atoms with E-state index in [0.717, 1.165) is 25.7 Å². The predicted octanol–water partition coefficient (Wildman–Crippen LogP) is 4.10. The highest BCUT2D eigenvalue weighted by Gasteiger charge is 2.30. The Kier molecular flexibility index (Phi) is 4.00. The van der Waals surface area contributed by atoms with Gasteiger partial charge < -0.3 is 5.73 Å². The summed E-state index contributed by atoms with van der Waals surface area (Å²) in [4.78, 5) is 0. The zero-order valence-electron chi connectivity index (χ0n) is 11.0. The normalized spacial score (nSPS) is 25.4. The molecule has 3 heteroatoms. The van der Waals surface area contributed by atoms with Crippen LogP contribution in [0.2, 0.25) is 0 Å². The second kappa shape index (κ2) is 5.35. The molecular formula is C15H21F2N. The minimum Gasteiger partial charge on any atom is -0.324 e. The molecule has 0 bridgehead atoms. The van der Waals surface area contributed by atoms with Gasteiger partial charge in [-0.3, -0.25) is 0 Å². The van der Waals surface area contributed by atoms with Crippen molar-refractivity contribution in [3.05, 3.63) is 34.9 Å². The molecule has 3 unspecified atom stereocenters. The first-order valence-electron chi connectivity index (χ1n) is 6.74. The maximum atomic E-state index is 13.9. The maximum Gasteiger partial charge on any atom is 0.163 e. The van der Waals surface area contributed by atoms with Crippen molar-refractivity contribution in [3.63, 3.8) is 0 Å². The van der Waals surface area contributed by atoms with Gasteiger partial charge in [0, 0.05) is 11.6 Å². The molecule has 3 atom stereocenters. The standard InChI is InChI=1S/C15H21F2N/c1-3-10-5-6-11(8-10)15(18)12-7-4-9(2)13(16)14(12)17/h4,7,10-11,15H,3,5-6,8,18H2,1-2H3. The Hall–Kier alpha value is -0.960. The predicted molar refractivity (Wildman–Crippen MR) is 69.1 cm³/mol. The lowest BCUT2D eigenvalue weighted by Gasteiger charge is -2.21. The summed E-state index contributed by atoms with van der Waals surface area (Å²) in [6.45, 7) is 3.74. The third-order valence-electron chi connectivity index (χ3n) is 4.33. The molecule has 1 aromatic rings. The van der Waals surface area contributed by atoms with Crippen molar-refractivity contribution in [1.29, 1.82) is 0 Å². The van der Waals surface area contributed by atoms with E-state index >= 15 is 0 Å². The zero-order valence-corrected chi connectivity index (χ0v) is 11.0. The summed E-state index contributed by atoms with van der Waals surface area (Å²) < 4.78 is 27.4. The van der Waals surface area contributed by atoms with Gasteiger partial charge in [0.2, 0.25) is 0 Å². The molecule has 0 aromatic heterocycles. The average molecular weight is 253 g/mol. The first-order valence-corrected chi connectivity index (χ1v) is 6.74. The number of hydrogen-bond acceptors (Lipinski definition) is 1. The van der Waals surface area contributed by atoms with Crippen molar-refractivity contribution in [2.45, 2.75) is 45.6 Å². The van der Waals surface area contributed by atoms with E-state index in [-0.39, 0.29) is 12.0 Å². The highest BCUT2D eigenvalue weighted by atomic mass is 19.2. The van der Waals surface area contributed by atoms with Crippen LogP contribution >= 0.6 is 0 Å². The number of aryl methyl sites for hydroxylation is 1. The Morgan fingerprint density at radius 3 is 2.61 bits per heavy atom. The highest BCUT2D eigenvalue weighted by molar-refractivity contribution is 5.28. The summed E-state index contributed by atoms with van der Waals surface area (Å²) in [5.41, 5.74) is 6.80. The van der Waals surface area contributed by atoms with Gasteiger partial charge in [-0.15, -0.1) is 0 Å². The Labute approximate surface area is 107 Å². The fraction of sp³-hybridized carbons (Fsp3) is 0.600. The van der Waals surface area contributed by atoms with E-state index in [4.69, 9.17) is 5.73 Å². The second-order valence-electron chi connectivity index (χ2n) is 5.47. The van der Waals surface area contributed by atoms with Crippen LogP contribution in [-0.4, -0.2) is 0 Å². The smallest absolute Gasteiger partial charge is 0.163 e. The lowest BCUT2D eigenvalue weighted by Crippen LogP contribution is -2.21. The monoisotopic (exact) mass is 253 g/mol. The number of benzene rings is 1. The Bertz CT molecular complexity index is 431. The minimum atomic E-state index is -0.762. The van der Waals surface area contributed by atoms with Crippen LogP contribution in [0.25, 0.3) is 0 Å². The molecule has 0 radical (unpaired) electrons. The SMILES string of the molecule is CCC1CCC(C(N)c2ccc(C)c(F)c2F)C1. The van der Waals surface area contributed by atoms with E-state index < -0.39 is 11.6 Å². The van der Waals surface area contributed by atoms with E-state index in [9.17, 15) is 8.78 Å². The van der Waals surface area contributed by atoms with Gasteiger partial charge in [-0.1, -0.05) is 31.9 Å². The second-order valence-corrected chi connectivity index (χ2v) is 5.47. The number of hydrogen-bond donors (Lipinski definition) is 1. The molecular weight excluding hydrogens is 232 g/mol. The van der Waals surface area contributed by atoms with Crippen LogP contribution < -0.4 is 5.73 Å². The molecule has 1 aliphatic carbocycles. The number of halogens is 2. The van der Waals surface area contributed by atoms with Crippen LogP contribution in [0.5, 0.6) is 0 Å². The fourth-order valence-electron chi connectivity index (χ4n) is 2.98. The van der Waals surface area contributed by atoms with Crippen LogP contribution in [0.15, 0.2) is 12.1 Å². The van der Waals surface area contributed by atoms with Gasteiger partial charge in [0.05, 0.1) is 0 Å². The number of rotatable bonds is 3. The summed E-state index contributed by atoms with van der Waals surface area (Å²) in [7, 11) is 0. The van der Waals surface area contributed by atoms with Gasteiger partial charge in [-0.2, -0.15) is 0 Å². The molecule has 100 valence electrons. The van der Waals surface area contributed by atoms with Crippen LogP contribution in [0, 0.1) is 30.4 Å². The molecule has 1 saturated carbocycles. The lowest BCUT2D eigenvalue weighted by molar-refractivity contribution is 0.396. The van der Waals surface area contributed by atoms with Crippen molar-refractivity contribution in [2.75, 3.05) is 0 Å². The van der Waals surface area contributed by atoms with E-state index in [2.05, 4.69) is 6.92 Å². The fourth-order valence-corrected chi connectivity index (χ4v) is 2.98. The van der Waals surface area contributed by atoms with Gasteiger partial charge in [0.15, 0.2) is 11.6 Å². The van der Waals surface area contributed by atoms with Crippen molar-refractivity contribution >= 4 is 0 Å². The molecule has 0 heterocycles. The van der Waals surface area contributed by atoms with Crippen LogP contribution in [0.1, 0.15) is 49.8 Å². The average Bonchev–Trinajstić information content (AvgIpc) is 2.84. The summed E-state index contributed by atoms with van der Waals surface area (Å²) in [6.07, 6.45) is 4.36. The summed E-state index contributed by atoms with van der Waals surface area (Å²) in [6, 6.07) is 2.87. The van der Waals surface area contributed by atoms with Crippen LogP contribution in [0.4, 0.5) is 8.78 Å². The van der Waals surface area contributed by atoms with E-state index in [1.54, 1.807) is 19.1 Å². The highest BCUT2D eigenvalue weighted by Crippen LogP contribution is 2.40. The van der Waals surface area contributed by atoms with E-state index in [1.807, 2.05) is 0 Å². The van der Waals surface area contributed by atoms with Gasteiger partial charge in [0.1, 0.15) is 0 Å². The first-order chi connectivity index (χ1) is 8.54. The third kappa shape index (κ3) is 2.41. The topological polar surface area (TPSA) is 26.0 Å². The molecule has 2 N–H and O–H groups in total. The van der Waals surface area contributed by atoms with Crippen molar-refractivity contribution in [3.8, 4) is 0 Å². The molecule has 0 saturated heterocycles. The molecule has 0 amide bonds. The molecule has 0 spiro atoms. The third-order valence-corrected chi connectivity index (χ3v) is 4.33. The molecule has 2 rings (SSSR count). The molecule has 1 aliphatic rings. The molecule has 1 nitrogen and oxygen atoms in total. The van der Waals surface area contributed by atoms with Crippen LogP contribution in [-0.2, 0) is 0 Å². The minimum absolute atomic E-state index is 0.284. The Balaban J connectivity index is 2.19. The summed E-state index contributed by atoms with van der Waals surface area (Å²) in [5, 5.41) is 0. The Morgan fingerprint density at radius 1 is 1.28 bits per heavy atom. The van der Waals surface area contributed by atoms with Gasteiger partial charge in [0.25, 0.3) is 0 Å². The molecule has 1 aromatic carbocycles. The largest absolute Gasteiger partial charge is 0.324 e. The first kappa shape index (κ1) is 13.5. The Morgan fingerprint density at radius 2 is 2.00 bits per heavy atom. The summed E-state index contributed by atoms with van der Waals surface area (Å²) >= 11 is 0. The maximum absolute atomic E-state index is 13.9. The van der Waals surface area contributed by atoms with Crippen LogP contribution in [0.3, 0.4) is 0 Å². The summed E-state index contributed by atoms with van der Waals surface area (Å²) in [5.74, 6) is -0.540. The van der Waals surface area contributed by atoms with E-state index in [0.29, 0.717) is 17.0 Å². The van der Waals surface area contributed by atoms with Gasteiger partial charge in [-0.25, -0.2) is 8.78 Å². The molecule has 18 heavy (non-hydrogen) atoms. The quantitative estimate of drug-likeness (QED) is 0.862. The van der Waals surface area contributed by atoms with Crippen molar-refractivity contribution in [2.24, 2.45) is 17.6 Å². The molecule has 1 fully saturated rings. The van der Waals surface area contributed by atoms with Crippen molar-refractivity contribution in [1.82, 2.24) is 0 Å². The van der Waals surface area contributed by atoms with Gasteiger partial charge in [-0.05, 0) is 37.2 Å². The number of nitrogens with two attached hydrogens (primary N) is 1. The van der Waals surface area contributed by atoms with Crippen molar-refractivity contribution < 1.29 is 8.78 Å². The lowest BCUT2D eigenvalue weighted by atomic mass is 9.90. The zero-order chi connectivity index (χ0) is 13.3.